The minimum absolute atomic E-state index is 0.0685. The molecule has 2 N–H and O–H groups in total. The lowest BCUT2D eigenvalue weighted by Crippen LogP contribution is -2.36. The second-order valence-corrected chi connectivity index (χ2v) is 11.4. The maximum absolute atomic E-state index is 11.5. The van der Waals surface area contributed by atoms with Gasteiger partial charge in [0.15, 0.2) is 0 Å². The number of hydrogen-bond acceptors (Lipinski definition) is 2. The molecule has 0 aromatic heterocycles. The third-order valence-electron chi connectivity index (χ3n) is 6.38. The summed E-state index contributed by atoms with van der Waals surface area (Å²) in [6, 6.07) is 23.1. The van der Waals surface area contributed by atoms with Gasteiger partial charge in [-0.2, -0.15) is 0 Å². The van der Waals surface area contributed by atoms with E-state index < -0.39 is 0 Å². The van der Waals surface area contributed by atoms with E-state index in [4.69, 9.17) is 0 Å². The smallest absolute Gasteiger partial charge is 0.127 e. The topological polar surface area (TPSA) is 32.3 Å². The largest absolute Gasteiger partial charge is 0.507 e. The molecule has 0 aliphatic heterocycles. The molecule has 3 rings (SSSR count). The van der Waals surface area contributed by atoms with Gasteiger partial charge >= 0.3 is 0 Å². The van der Waals surface area contributed by atoms with E-state index in [9.17, 15) is 5.11 Å². The van der Waals surface area contributed by atoms with Gasteiger partial charge in [0, 0.05) is 28.4 Å². The first kappa shape index (κ1) is 24.5. The highest BCUT2D eigenvalue weighted by Gasteiger charge is 2.33. The molecule has 0 aliphatic rings. The quantitative estimate of drug-likeness (QED) is 0.356. The molecule has 0 fully saturated rings. The molecule has 3 heteroatoms. The van der Waals surface area contributed by atoms with E-state index in [1.165, 1.54) is 16.4 Å². The molecule has 0 radical (unpaired) electrons. The van der Waals surface area contributed by atoms with Gasteiger partial charge in [-0.15, -0.1) is 0 Å². The lowest BCUT2D eigenvalue weighted by molar-refractivity contribution is 0.425. The molecule has 0 spiro atoms. The first-order chi connectivity index (χ1) is 15.2. The van der Waals surface area contributed by atoms with Gasteiger partial charge in [-0.25, -0.2) is 0 Å². The molecule has 0 heterocycles. The van der Waals surface area contributed by atoms with E-state index in [0.717, 1.165) is 36.1 Å². The zero-order valence-electron chi connectivity index (χ0n) is 20.4. The van der Waals surface area contributed by atoms with Crippen LogP contribution in [0.5, 0.6) is 5.75 Å². The fraction of sp³-hybridized carbons (Fsp3) is 0.379. The Bertz CT molecular complexity index is 1030. The fourth-order valence-electron chi connectivity index (χ4n) is 4.31. The maximum atomic E-state index is 11.5. The molecule has 0 bridgehead atoms. The van der Waals surface area contributed by atoms with E-state index >= 15 is 0 Å². The van der Waals surface area contributed by atoms with Crippen LogP contribution < -0.4 is 10.6 Å². The Balaban J connectivity index is 2.07. The van der Waals surface area contributed by atoms with Crippen LogP contribution in [0.2, 0.25) is 0 Å². The predicted molar refractivity (Wildman–Crippen MR) is 142 cm³/mol. The Morgan fingerprint density at radius 3 is 2.12 bits per heavy atom. The summed E-state index contributed by atoms with van der Waals surface area (Å²) in [6.45, 7) is 14.2. The number of phenols is 1. The van der Waals surface area contributed by atoms with Crippen molar-refractivity contribution in [3.63, 3.8) is 0 Å². The molecule has 0 saturated heterocycles. The highest BCUT2D eigenvalue weighted by molar-refractivity contribution is 7.48. The Morgan fingerprint density at radius 1 is 0.844 bits per heavy atom. The summed E-state index contributed by atoms with van der Waals surface area (Å²) in [7, 11) is 0.585. The zero-order valence-corrected chi connectivity index (χ0v) is 21.4. The number of aryl methyl sites for hydroxylation is 1. The van der Waals surface area contributed by atoms with Crippen LogP contribution in [0.3, 0.4) is 0 Å². The van der Waals surface area contributed by atoms with Gasteiger partial charge < -0.3 is 10.4 Å². The molecular weight excluding hydrogens is 409 g/mol. The second kappa shape index (κ2) is 10.2. The molecule has 3 aromatic carbocycles. The first-order valence-electron chi connectivity index (χ1n) is 11.7. The van der Waals surface area contributed by atoms with Gasteiger partial charge in [-0.3, -0.25) is 0 Å². The van der Waals surface area contributed by atoms with Crippen molar-refractivity contribution >= 4 is 13.9 Å². The van der Waals surface area contributed by atoms with E-state index in [0.29, 0.717) is 14.3 Å². The first-order valence-corrected chi connectivity index (χ1v) is 12.7. The lowest BCUT2D eigenvalue weighted by Gasteiger charge is -2.35. The number of para-hydroxylation sites is 1. The van der Waals surface area contributed by atoms with Crippen molar-refractivity contribution in [1.29, 1.82) is 0 Å². The van der Waals surface area contributed by atoms with Crippen molar-refractivity contribution < 1.29 is 5.11 Å². The number of aromatic hydroxyl groups is 1. The summed E-state index contributed by atoms with van der Waals surface area (Å²) < 4.78 is 0. The molecular formula is C29H38NOP. The molecule has 1 atom stereocenters. The molecule has 32 heavy (non-hydrogen) atoms. The third kappa shape index (κ3) is 5.42. The second-order valence-electron chi connectivity index (χ2n) is 9.69. The molecule has 170 valence electrons. The van der Waals surface area contributed by atoms with Crippen LogP contribution in [-0.2, 0) is 11.7 Å². The van der Waals surface area contributed by atoms with Crippen molar-refractivity contribution in [2.24, 2.45) is 0 Å². The number of nitrogens with one attached hydrogen (secondary N) is 1. The number of phenolic OH excluding ortho intramolecular Hbond substituents is 1. The Morgan fingerprint density at radius 2 is 1.50 bits per heavy atom. The summed E-state index contributed by atoms with van der Waals surface area (Å²) in [4.78, 5) is 0. The average Bonchev–Trinajstić information content (AvgIpc) is 2.78. The summed E-state index contributed by atoms with van der Waals surface area (Å²) in [5.41, 5.74) is 5.81. The highest BCUT2D eigenvalue weighted by atomic mass is 31.1. The van der Waals surface area contributed by atoms with Gasteiger partial charge in [0.25, 0.3) is 0 Å². The number of hydrogen-bond donors (Lipinski definition) is 2. The van der Waals surface area contributed by atoms with Crippen molar-refractivity contribution in [1.82, 2.24) is 5.32 Å². The Labute approximate surface area is 196 Å². The van der Waals surface area contributed by atoms with Gasteiger partial charge in [0.2, 0.25) is 0 Å². The lowest BCUT2D eigenvalue weighted by atomic mass is 9.89. The van der Waals surface area contributed by atoms with Gasteiger partial charge in [-0.1, -0.05) is 89.2 Å². The van der Waals surface area contributed by atoms with Gasteiger partial charge in [0.05, 0.1) is 0 Å². The van der Waals surface area contributed by atoms with Gasteiger partial charge in [-0.05, 0) is 62.5 Å². The summed E-state index contributed by atoms with van der Waals surface area (Å²) >= 11 is 0. The van der Waals surface area contributed by atoms with Crippen LogP contribution in [-0.4, -0.2) is 10.6 Å². The van der Waals surface area contributed by atoms with Crippen LogP contribution >= 0.6 is 8.58 Å². The van der Waals surface area contributed by atoms with Crippen LogP contribution in [0, 0.1) is 6.92 Å². The fourth-order valence-corrected chi connectivity index (χ4v) is 6.09. The van der Waals surface area contributed by atoms with E-state index in [-0.39, 0.29) is 10.7 Å². The maximum Gasteiger partial charge on any atom is 0.127 e. The minimum Gasteiger partial charge on any atom is -0.507 e. The zero-order chi connectivity index (χ0) is 23.4. The number of benzene rings is 3. The molecule has 0 aliphatic carbocycles. The average molecular weight is 448 g/mol. The monoisotopic (exact) mass is 447 g/mol. The number of rotatable bonds is 8. The third-order valence-corrected chi connectivity index (χ3v) is 8.80. The van der Waals surface area contributed by atoms with Crippen molar-refractivity contribution in [2.75, 3.05) is 0 Å². The van der Waals surface area contributed by atoms with Crippen molar-refractivity contribution in [3.05, 3.63) is 83.4 Å². The van der Waals surface area contributed by atoms with Crippen LogP contribution in [0.15, 0.2) is 66.7 Å². The van der Waals surface area contributed by atoms with E-state index in [1.54, 1.807) is 0 Å². The highest BCUT2D eigenvalue weighted by Crippen LogP contribution is 2.52. The molecule has 3 aromatic rings. The van der Waals surface area contributed by atoms with E-state index in [1.807, 2.05) is 24.3 Å². The molecule has 1 unspecified atom stereocenters. The van der Waals surface area contributed by atoms with Crippen LogP contribution in [0.1, 0.15) is 64.2 Å². The standard InChI is InChI=1S/C29H38NOP/c1-7-29(8-2,25-19-13-18-24(26(25)31)22-15-10-9-11-16-22)32-27-21(3)14-12-17-23(27)20-30-28(4,5)6/h9-19,30-32H,7-8,20H2,1-6H3. The van der Waals surface area contributed by atoms with Crippen LogP contribution in [0.25, 0.3) is 11.1 Å². The Hall–Kier alpha value is -2.15. The van der Waals surface area contributed by atoms with E-state index in [2.05, 4.69) is 89.3 Å². The normalized spacial score (nSPS) is 12.6. The summed E-state index contributed by atoms with van der Waals surface area (Å²) in [5, 5.41) is 16.5. The van der Waals surface area contributed by atoms with Crippen molar-refractivity contribution in [3.8, 4) is 16.9 Å². The molecule has 2 nitrogen and oxygen atoms in total. The predicted octanol–water partition coefficient (Wildman–Crippen LogP) is 7.28. The SMILES string of the molecule is CCC(CC)(Pc1c(C)cccc1CNC(C)(C)C)c1cccc(-c2ccccc2)c1O. The summed E-state index contributed by atoms with van der Waals surface area (Å²) in [6.07, 6.45) is 1.96. The minimum atomic E-state index is -0.0997. The summed E-state index contributed by atoms with van der Waals surface area (Å²) in [5.74, 6) is 0.429. The van der Waals surface area contributed by atoms with Gasteiger partial charge in [0.1, 0.15) is 5.75 Å². The van der Waals surface area contributed by atoms with Crippen molar-refractivity contribution in [2.45, 2.75) is 71.6 Å². The Kier molecular flexibility index (Phi) is 7.80. The van der Waals surface area contributed by atoms with Crippen LogP contribution in [0.4, 0.5) is 0 Å². The molecule has 0 saturated carbocycles. The molecule has 0 amide bonds.